The van der Waals surface area contributed by atoms with E-state index >= 15 is 0 Å². The molecule has 3 nitrogen and oxygen atoms in total. The summed E-state index contributed by atoms with van der Waals surface area (Å²) in [5, 5.41) is 9.70. The maximum absolute atomic E-state index is 9.70. The molecule has 2 atom stereocenters. The molecule has 0 saturated carbocycles. The second-order valence-electron chi connectivity index (χ2n) is 4.88. The van der Waals surface area contributed by atoms with E-state index in [1.54, 1.807) is 6.20 Å². The van der Waals surface area contributed by atoms with Crippen molar-refractivity contribution in [2.75, 3.05) is 0 Å². The number of aliphatic hydroxyl groups excluding tert-OH is 1. The third kappa shape index (κ3) is 2.81. The number of pyridine rings is 1. The van der Waals surface area contributed by atoms with Crippen molar-refractivity contribution in [3.05, 3.63) is 28.5 Å². The van der Waals surface area contributed by atoms with Crippen LogP contribution in [-0.2, 0) is 4.74 Å². The van der Waals surface area contributed by atoms with Gasteiger partial charge in [-0.05, 0) is 59.8 Å². The molecule has 1 aromatic heterocycles. The first-order valence-electron chi connectivity index (χ1n) is 5.44. The van der Waals surface area contributed by atoms with Crippen molar-refractivity contribution >= 4 is 15.9 Å². The van der Waals surface area contributed by atoms with E-state index in [1.165, 1.54) is 5.56 Å². The quantitative estimate of drug-likeness (QED) is 0.807. The molecule has 2 heterocycles. The van der Waals surface area contributed by atoms with E-state index in [2.05, 4.69) is 20.9 Å². The Morgan fingerprint density at radius 1 is 1.56 bits per heavy atom. The van der Waals surface area contributed by atoms with Gasteiger partial charge in [-0.1, -0.05) is 0 Å². The molecular formula is C12H16BrNO2. The van der Waals surface area contributed by atoms with Crippen LogP contribution in [0.4, 0.5) is 0 Å². The van der Waals surface area contributed by atoms with Gasteiger partial charge < -0.3 is 9.84 Å². The lowest BCUT2D eigenvalue weighted by atomic mass is 9.83. The molecule has 1 N–H and O–H groups in total. The Bertz CT molecular complexity index is 381. The molecule has 0 bridgehead atoms. The Kier molecular flexibility index (Phi) is 3.33. The first-order chi connectivity index (χ1) is 7.46. The Hall–Kier alpha value is -0.450. The molecule has 1 saturated heterocycles. The van der Waals surface area contributed by atoms with Crippen molar-refractivity contribution < 1.29 is 9.84 Å². The molecular weight excluding hydrogens is 270 g/mol. The fourth-order valence-electron chi connectivity index (χ4n) is 2.31. The highest BCUT2D eigenvalue weighted by atomic mass is 79.9. The topological polar surface area (TPSA) is 42.4 Å². The molecule has 0 spiro atoms. The van der Waals surface area contributed by atoms with Gasteiger partial charge in [0.2, 0.25) is 0 Å². The lowest BCUT2D eigenvalue weighted by Crippen LogP contribution is -2.38. The minimum Gasteiger partial charge on any atom is -0.368 e. The van der Waals surface area contributed by atoms with Crippen LogP contribution in [0.15, 0.2) is 22.9 Å². The van der Waals surface area contributed by atoms with Gasteiger partial charge in [0.1, 0.15) is 4.60 Å². The van der Waals surface area contributed by atoms with Crippen molar-refractivity contribution in [2.24, 2.45) is 0 Å². The van der Waals surface area contributed by atoms with Crippen LogP contribution in [0.25, 0.3) is 0 Å². The Balaban J connectivity index is 2.21. The van der Waals surface area contributed by atoms with Gasteiger partial charge in [0.05, 0.1) is 5.60 Å². The van der Waals surface area contributed by atoms with Crippen molar-refractivity contribution in [3.63, 3.8) is 0 Å². The number of halogens is 1. The predicted molar refractivity (Wildman–Crippen MR) is 65.1 cm³/mol. The summed E-state index contributed by atoms with van der Waals surface area (Å²) < 4.78 is 6.32. The molecule has 0 amide bonds. The van der Waals surface area contributed by atoms with Crippen molar-refractivity contribution in [1.82, 2.24) is 4.98 Å². The highest BCUT2D eigenvalue weighted by Crippen LogP contribution is 2.38. The number of aromatic nitrogens is 1. The summed E-state index contributed by atoms with van der Waals surface area (Å²) in [7, 11) is 0. The van der Waals surface area contributed by atoms with E-state index in [-0.39, 0.29) is 5.60 Å². The molecule has 1 aliphatic rings. The lowest BCUT2D eigenvalue weighted by molar-refractivity contribution is -0.204. The molecule has 88 valence electrons. The first kappa shape index (κ1) is 12.0. The minimum atomic E-state index is -0.666. The Morgan fingerprint density at radius 3 is 2.94 bits per heavy atom. The number of hydrogen-bond donors (Lipinski definition) is 1. The molecule has 1 aliphatic heterocycles. The fraction of sp³-hybridized carbons (Fsp3) is 0.583. The molecule has 0 aromatic carbocycles. The van der Waals surface area contributed by atoms with E-state index < -0.39 is 6.29 Å². The number of aliphatic hydroxyl groups is 1. The average Bonchev–Trinajstić information content (AvgIpc) is 2.14. The second-order valence-corrected chi connectivity index (χ2v) is 5.69. The smallest absolute Gasteiger partial charge is 0.155 e. The van der Waals surface area contributed by atoms with E-state index in [0.717, 1.165) is 11.0 Å². The van der Waals surface area contributed by atoms with Crippen LogP contribution in [-0.4, -0.2) is 22.0 Å². The lowest BCUT2D eigenvalue weighted by Gasteiger charge is -2.38. The maximum Gasteiger partial charge on any atom is 0.155 e. The Morgan fingerprint density at radius 2 is 2.31 bits per heavy atom. The number of hydrogen-bond acceptors (Lipinski definition) is 3. The Labute approximate surface area is 104 Å². The van der Waals surface area contributed by atoms with E-state index in [1.807, 2.05) is 26.0 Å². The monoisotopic (exact) mass is 285 g/mol. The zero-order chi connectivity index (χ0) is 11.8. The summed E-state index contributed by atoms with van der Waals surface area (Å²) >= 11 is 3.37. The van der Waals surface area contributed by atoms with Crippen molar-refractivity contribution in [1.29, 1.82) is 0 Å². The average molecular weight is 286 g/mol. The molecule has 4 heteroatoms. The third-order valence-corrected chi connectivity index (χ3v) is 3.33. The third-order valence-electron chi connectivity index (χ3n) is 2.90. The van der Waals surface area contributed by atoms with E-state index in [9.17, 15) is 5.11 Å². The highest BCUT2D eigenvalue weighted by molar-refractivity contribution is 9.10. The van der Waals surface area contributed by atoms with Gasteiger partial charge in [0.15, 0.2) is 6.29 Å². The maximum atomic E-state index is 9.70. The van der Waals surface area contributed by atoms with Crippen LogP contribution >= 0.6 is 15.9 Å². The normalized spacial score (nSPS) is 29.0. The van der Waals surface area contributed by atoms with Gasteiger partial charge in [0.25, 0.3) is 0 Å². The van der Waals surface area contributed by atoms with Gasteiger partial charge >= 0.3 is 0 Å². The minimum absolute atomic E-state index is 0.266. The second kappa shape index (κ2) is 4.43. The van der Waals surface area contributed by atoms with Gasteiger partial charge in [-0.2, -0.15) is 0 Å². The van der Waals surface area contributed by atoms with Crippen molar-refractivity contribution in [2.45, 2.75) is 44.5 Å². The predicted octanol–water partition coefficient (Wildman–Crippen LogP) is 2.84. The zero-order valence-corrected chi connectivity index (χ0v) is 11.1. The summed E-state index contributed by atoms with van der Waals surface area (Å²) in [5.74, 6) is 0.332. The number of ether oxygens (including phenoxy) is 1. The number of rotatable bonds is 1. The SMILES string of the molecule is CC1(C)C[C@@H](c2ccnc(Br)c2)CC(O)O1. The fourth-order valence-corrected chi connectivity index (χ4v) is 2.69. The van der Waals surface area contributed by atoms with Crippen LogP contribution in [0.2, 0.25) is 0 Å². The molecule has 2 rings (SSSR count). The summed E-state index contributed by atoms with van der Waals surface area (Å²) in [4.78, 5) is 4.11. The van der Waals surface area contributed by atoms with Crippen molar-refractivity contribution in [3.8, 4) is 0 Å². The van der Waals surface area contributed by atoms with Crippen LogP contribution in [0.3, 0.4) is 0 Å². The molecule has 0 aliphatic carbocycles. The summed E-state index contributed by atoms with van der Waals surface area (Å²) in [5.41, 5.74) is 0.940. The summed E-state index contributed by atoms with van der Waals surface area (Å²) in [6.07, 6.45) is 2.69. The van der Waals surface area contributed by atoms with Gasteiger partial charge in [-0.15, -0.1) is 0 Å². The molecule has 1 unspecified atom stereocenters. The number of nitrogens with zero attached hydrogens (tertiary/aromatic N) is 1. The highest BCUT2D eigenvalue weighted by Gasteiger charge is 2.34. The van der Waals surface area contributed by atoms with Crippen LogP contribution in [0, 0.1) is 0 Å². The first-order valence-corrected chi connectivity index (χ1v) is 6.23. The summed E-state index contributed by atoms with van der Waals surface area (Å²) in [6.45, 7) is 4.03. The van der Waals surface area contributed by atoms with E-state index in [0.29, 0.717) is 12.3 Å². The zero-order valence-electron chi connectivity index (χ0n) is 9.48. The van der Waals surface area contributed by atoms with Gasteiger partial charge in [0, 0.05) is 12.6 Å². The van der Waals surface area contributed by atoms with Gasteiger partial charge in [-0.3, -0.25) is 0 Å². The standard InChI is InChI=1S/C12H16BrNO2/c1-12(2)7-9(6-11(15)16-12)8-3-4-14-10(13)5-8/h3-5,9,11,15H,6-7H2,1-2H3/t9-,11?/m0/s1. The molecule has 1 fully saturated rings. The van der Waals surface area contributed by atoms with Crippen LogP contribution < -0.4 is 0 Å². The van der Waals surface area contributed by atoms with Crippen LogP contribution in [0.1, 0.15) is 38.2 Å². The summed E-state index contributed by atoms with van der Waals surface area (Å²) in [6, 6.07) is 4.02. The molecule has 1 aromatic rings. The largest absolute Gasteiger partial charge is 0.368 e. The van der Waals surface area contributed by atoms with Crippen LogP contribution in [0.5, 0.6) is 0 Å². The van der Waals surface area contributed by atoms with Gasteiger partial charge in [-0.25, -0.2) is 4.98 Å². The molecule has 0 radical (unpaired) electrons. The molecule has 16 heavy (non-hydrogen) atoms. The van der Waals surface area contributed by atoms with E-state index in [4.69, 9.17) is 4.74 Å².